The summed E-state index contributed by atoms with van der Waals surface area (Å²) >= 11 is 0. The molecule has 1 saturated carbocycles. The van der Waals surface area contributed by atoms with E-state index in [-0.39, 0.29) is 24.1 Å². The largest absolute Gasteiger partial charge is 0.493 e. The summed E-state index contributed by atoms with van der Waals surface area (Å²) in [4.78, 5) is 25.1. The first kappa shape index (κ1) is 19.0. The second kappa shape index (κ2) is 7.98. The van der Waals surface area contributed by atoms with Gasteiger partial charge >= 0.3 is 0 Å². The summed E-state index contributed by atoms with van der Waals surface area (Å²) in [6.45, 7) is 0.00268. The Labute approximate surface area is 168 Å². The number of carbonyl (C=O) groups excluding carboxylic acids is 1. The van der Waals surface area contributed by atoms with Gasteiger partial charge in [-0.05, 0) is 37.1 Å². The summed E-state index contributed by atoms with van der Waals surface area (Å²) in [7, 11) is 3.15. The predicted octanol–water partition coefficient (Wildman–Crippen LogP) is 2.24. The molecule has 1 amide bonds. The molecule has 0 atom stereocenters. The molecule has 0 radical (unpaired) electrons. The summed E-state index contributed by atoms with van der Waals surface area (Å²) in [5, 5.41) is 7.49. The Bertz CT molecular complexity index is 1100. The van der Waals surface area contributed by atoms with Crippen molar-refractivity contribution in [3.05, 3.63) is 47.0 Å². The van der Waals surface area contributed by atoms with Gasteiger partial charge in [-0.3, -0.25) is 9.59 Å². The van der Waals surface area contributed by atoms with E-state index in [0.29, 0.717) is 22.7 Å². The molecule has 0 unspecified atom stereocenters. The molecule has 1 aliphatic rings. The van der Waals surface area contributed by atoms with Crippen LogP contribution in [0.5, 0.6) is 11.5 Å². The minimum atomic E-state index is -0.256. The standard InChI is InChI=1S/C21H24N4O4/c1-28-18-8-7-14(11-19(18)29-2)16-12-17-21(27)24(9-10-25(17)23-16)13-20(26)22-15-5-3-4-6-15/h7-12,15H,3-6,13H2,1-2H3,(H,22,26). The fraction of sp³-hybridized carbons (Fsp3) is 0.381. The normalized spacial score (nSPS) is 14.3. The van der Waals surface area contributed by atoms with Crippen LogP contribution in [0.1, 0.15) is 25.7 Å². The van der Waals surface area contributed by atoms with Crippen molar-refractivity contribution in [3.8, 4) is 22.8 Å². The highest BCUT2D eigenvalue weighted by Crippen LogP contribution is 2.31. The van der Waals surface area contributed by atoms with E-state index in [2.05, 4.69) is 10.4 Å². The number of aromatic nitrogens is 3. The van der Waals surface area contributed by atoms with Crippen LogP contribution >= 0.6 is 0 Å². The Morgan fingerprint density at radius 3 is 2.62 bits per heavy atom. The second-order valence-electron chi connectivity index (χ2n) is 7.21. The van der Waals surface area contributed by atoms with Crippen molar-refractivity contribution < 1.29 is 14.3 Å². The lowest BCUT2D eigenvalue weighted by Gasteiger charge is -2.12. The van der Waals surface area contributed by atoms with Crippen LogP contribution in [-0.4, -0.2) is 40.3 Å². The van der Waals surface area contributed by atoms with Crippen molar-refractivity contribution in [2.24, 2.45) is 0 Å². The Morgan fingerprint density at radius 2 is 1.90 bits per heavy atom. The SMILES string of the molecule is COc1ccc(-c2cc3c(=O)n(CC(=O)NC4CCCC4)ccn3n2)cc1OC. The van der Waals surface area contributed by atoms with Gasteiger partial charge in [-0.1, -0.05) is 12.8 Å². The van der Waals surface area contributed by atoms with E-state index in [0.717, 1.165) is 31.2 Å². The van der Waals surface area contributed by atoms with Crippen molar-refractivity contribution in [1.82, 2.24) is 19.5 Å². The number of hydrogen-bond donors (Lipinski definition) is 1. The van der Waals surface area contributed by atoms with Gasteiger partial charge in [0.25, 0.3) is 5.56 Å². The third kappa shape index (κ3) is 3.83. The first-order chi connectivity index (χ1) is 14.1. The van der Waals surface area contributed by atoms with E-state index in [1.807, 2.05) is 12.1 Å². The van der Waals surface area contributed by atoms with Crippen LogP contribution in [0.25, 0.3) is 16.8 Å². The molecule has 2 aromatic heterocycles. The molecular weight excluding hydrogens is 372 g/mol. The van der Waals surface area contributed by atoms with Crippen LogP contribution in [0, 0.1) is 0 Å². The number of nitrogens with zero attached hydrogens (tertiary/aromatic N) is 3. The number of ether oxygens (including phenoxy) is 2. The van der Waals surface area contributed by atoms with Crippen LogP contribution in [0.15, 0.2) is 41.5 Å². The molecule has 1 fully saturated rings. The third-order valence-electron chi connectivity index (χ3n) is 5.32. The van der Waals surface area contributed by atoms with E-state index in [1.165, 1.54) is 9.08 Å². The van der Waals surface area contributed by atoms with Crippen LogP contribution < -0.4 is 20.3 Å². The van der Waals surface area contributed by atoms with Crippen molar-refractivity contribution in [3.63, 3.8) is 0 Å². The van der Waals surface area contributed by atoms with E-state index in [4.69, 9.17) is 9.47 Å². The van der Waals surface area contributed by atoms with Crippen LogP contribution in [0.4, 0.5) is 0 Å². The Morgan fingerprint density at radius 1 is 1.14 bits per heavy atom. The Kier molecular flexibility index (Phi) is 5.24. The van der Waals surface area contributed by atoms with Crippen LogP contribution in [0.3, 0.4) is 0 Å². The summed E-state index contributed by atoms with van der Waals surface area (Å²) < 4.78 is 13.6. The number of hydrogen-bond acceptors (Lipinski definition) is 5. The minimum Gasteiger partial charge on any atom is -0.493 e. The Balaban J connectivity index is 1.60. The molecule has 29 heavy (non-hydrogen) atoms. The number of fused-ring (bicyclic) bond motifs is 1. The fourth-order valence-electron chi connectivity index (χ4n) is 3.79. The number of benzene rings is 1. The highest BCUT2D eigenvalue weighted by molar-refractivity contribution is 5.76. The average molecular weight is 396 g/mol. The molecule has 3 aromatic rings. The first-order valence-electron chi connectivity index (χ1n) is 9.69. The predicted molar refractivity (Wildman–Crippen MR) is 108 cm³/mol. The van der Waals surface area contributed by atoms with E-state index in [1.54, 1.807) is 38.7 Å². The van der Waals surface area contributed by atoms with Crippen molar-refractivity contribution in [2.45, 2.75) is 38.3 Å². The number of rotatable bonds is 6. The molecule has 1 aromatic carbocycles. The highest BCUT2D eigenvalue weighted by atomic mass is 16.5. The number of amides is 1. The zero-order chi connectivity index (χ0) is 20.4. The molecule has 0 spiro atoms. The van der Waals surface area contributed by atoms with Crippen molar-refractivity contribution in [1.29, 1.82) is 0 Å². The Hall–Kier alpha value is -3.29. The zero-order valence-electron chi connectivity index (χ0n) is 16.6. The first-order valence-corrected chi connectivity index (χ1v) is 9.69. The van der Waals surface area contributed by atoms with Gasteiger partial charge in [-0.15, -0.1) is 0 Å². The van der Waals surface area contributed by atoms with E-state index < -0.39 is 0 Å². The van der Waals surface area contributed by atoms with Gasteiger partial charge in [0, 0.05) is 24.0 Å². The quantitative estimate of drug-likeness (QED) is 0.691. The number of methoxy groups -OCH3 is 2. The lowest BCUT2D eigenvalue weighted by atomic mass is 10.1. The zero-order valence-corrected chi connectivity index (χ0v) is 16.6. The van der Waals surface area contributed by atoms with Gasteiger partial charge < -0.3 is 19.4 Å². The maximum absolute atomic E-state index is 12.8. The highest BCUT2D eigenvalue weighted by Gasteiger charge is 2.18. The van der Waals surface area contributed by atoms with Crippen molar-refractivity contribution in [2.75, 3.05) is 14.2 Å². The molecule has 8 heteroatoms. The van der Waals surface area contributed by atoms with E-state index in [9.17, 15) is 9.59 Å². The average Bonchev–Trinajstić information content (AvgIpc) is 3.39. The lowest BCUT2D eigenvalue weighted by molar-refractivity contribution is -0.122. The van der Waals surface area contributed by atoms with Crippen molar-refractivity contribution >= 4 is 11.4 Å². The topological polar surface area (TPSA) is 86.9 Å². The molecule has 1 aliphatic carbocycles. The molecule has 8 nitrogen and oxygen atoms in total. The van der Waals surface area contributed by atoms with Gasteiger partial charge in [0.2, 0.25) is 5.91 Å². The van der Waals surface area contributed by atoms with Crippen LogP contribution in [0.2, 0.25) is 0 Å². The molecule has 152 valence electrons. The molecule has 4 rings (SSSR count). The van der Waals surface area contributed by atoms with Gasteiger partial charge in [0.15, 0.2) is 11.5 Å². The minimum absolute atomic E-state index is 0.00268. The summed E-state index contributed by atoms with van der Waals surface area (Å²) in [6.07, 6.45) is 7.59. The number of carbonyl (C=O) groups is 1. The maximum atomic E-state index is 12.8. The fourth-order valence-corrected chi connectivity index (χ4v) is 3.79. The molecular formula is C21H24N4O4. The lowest BCUT2D eigenvalue weighted by Crippen LogP contribution is -2.37. The molecule has 0 bridgehead atoms. The van der Waals surface area contributed by atoms with Gasteiger partial charge in [-0.25, -0.2) is 4.52 Å². The van der Waals surface area contributed by atoms with E-state index >= 15 is 0 Å². The second-order valence-corrected chi connectivity index (χ2v) is 7.21. The maximum Gasteiger partial charge on any atom is 0.277 e. The summed E-state index contributed by atoms with van der Waals surface area (Å²) in [5.74, 6) is 1.07. The summed E-state index contributed by atoms with van der Waals surface area (Å²) in [5.41, 5.74) is 1.59. The molecule has 0 aliphatic heterocycles. The third-order valence-corrected chi connectivity index (χ3v) is 5.32. The number of nitrogens with one attached hydrogen (secondary N) is 1. The summed E-state index contributed by atoms with van der Waals surface area (Å²) in [6, 6.07) is 7.41. The monoisotopic (exact) mass is 396 g/mol. The van der Waals surface area contributed by atoms with Crippen LogP contribution in [-0.2, 0) is 11.3 Å². The molecule has 2 heterocycles. The smallest absolute Gasteiger partial charge is 0.277 e. The molecule has 1 N–H and O–H groups in total. The van der Waals surface area contributed by atoms with Gasteiger partial charge in [0.05, 0.1) is 19.9 Å². The van der Waals surface area contributed by atoms with Gasteiger partial charge in [-0.2, -0.15) is 5.10 Å². The molecule has 0 saturated heterocycles. The van der Waals surface area contributed by atoms with Gasteiger partial charge in [0.1, 0.15) is 12.1 Å².